The van der Waals surface area contributed by atoms with Gasteiger partial charge in [0, 0.05) is 6.04 Å². The van der Waals surface area contributed by atoms with Crippen molar-refractivity contribution in [1.82, 2.24) is 9.97 Å². The highest BCUT2D eigenvalue weighted by Gasteiger charge is 2.36. The molecular formula is C12H19N5O2. The van der Waals surface area contributed by atoms with Crippen molar-refractivity contribution in [3.05, 3.63) is 15.8 Å². The van der Waals surface area contributed by atoms with Gasteiger partial charge in [-0.15, -0.1) is 0 Å². The minimum Gasteiger partial charge on any atom is -0.368 e. The summed E-state index contributed by atoms with van der Waals surface area (Å²) in [6.07, 6.45) is 3.18. The molecule has 7 heteroatoms. The second-order valence-corrected chi connectivity index (χ2v) is 5.70. The van der Waals surface area contributed by atoms with E-state index in [-0.39, 0.29) is 34.6 Å². The second-order valence-electron chi connectivity index (χ2n) is 5.70. The van der Waals surface area contributed by atoms with Crippen molar-refractivity contribution >= 4 is 17.5 Å². The lowest BCUT2D eigenvalue weighted by molar-refractivity contribution is -0.385. The minimum absolute atomic E-state index is 0.0569. The van der Waals surface area contributed by atoms with E-state index in [0.717, 1.165) is 19.3 Å². The second kappa shape index (κ2) is 4.64. The van der Waals surface area contributed by atoms with Crippen LogP contribution in [0.25, 0.3) is 0 Å². The average Bonchev–Trinajstić information content (AvgIpc) is 2.56. The Kier molecular flexibility index (Phi) is 3.30. The molecule has 2 rings (SSSR count). The van der Waals surface area contributed by atoms with E-state index < -0.39 is 4.92 Å². The first-order valence-electron chi connectivity index (χ1n) is 6.36. The maximum atomic E-state index is 11.1. The molecule has 104 valence electrons. The Bertz CT molecular complexity index is 515. The van der Waals surface area contributed by atoms with E-state index >= 15 is 0 Å². The molecule has 19 heavy (non-hydrogen) atoms. The molecule has 3 N–H and O–H groups in total. The fourth-order valence-electron chi connectivity index (χ4n) is 2.67. The third kappa shape index (κ3) is 2.59. The summed E-state index contributed by atoms with van der Waals surface area (Å²) < 4.78 is 0. The quantitative estimate of drug-likeness (QED) is 0.641. The third-order valence-corrected chi connectivity index (χ3v) is 3.83. The molecule has 0 radical (unpaired) electrons. The van der Waals surface area contributed by atoms with E-state index in [9.17, 15) is 10.1 Å². The van der Waals surface area contributed by atoms with Gasteiger partial charge in [0.15, 0.2) is 0 Å². The van der Waals surface area contributed by atoms with Crippen LogP contribution in [0.5, 0.6) is 0 Å². The number of nitrogen functional groups attached to an aromatic ring is 1. The molecule has 1 unspecified atom stereocenters. The van der Waals surface area contributed by atoms with Gasteiger partial charge in [0.05, 0.1) is 4.92 Å². The Morgan fingerprint density at radius 1 is 1.47 bits per heavy atom. The van der Waals surface area contributed by atoms with E-state index in [0.29, 0.717) is 0 Å². The Balaban J connectivity index is 2.37. The van der Waals surface area contributed by atoms with E-state index in [1.165, 1.54) is 0 Å². The summed E-state index contributed by atoms with van der Waals surface area (Å²) in [5, 5.41) is 14.3. The maximum Gasteiger partial charge on any atom is 0.332 e. The van der Waals surface area contributed by atoms with Gasteiger partial charge in [-0.2, -0.15) is 4.98 Å². The van der Waals surface area contributed by atoms with Crippen molar-refractivity contribution in [2.75, 3.05) is 11.1 Å². The Labute approximate surface area is 111 Å². The molecule has 0 amide bonds. The number of nitrogens with zero attached hydrogens (tertiary/aromatic N) is 3. The van der Waals surface area contributed by atoms with Crippen molar-refractivity contribution in [2.45, 2.75) is 46.1 Å². The normalized spacial score (nSPS) is 21.3. The van der Waals surface area contributed by atoms with Crippen LogP contribution < -0.4 is 11.1 Å². The minimum atomic E-state index is -0.459. The van der Waals surface area contributed by atoms with Crippen LogP contribution in [0, 0.1) is 22.5 Å². The molecule has 1 aliphatic rings. The first-order valence-corrected chi connectivity index (χ1v) is 6.36. The zero-order valence-electron chi connectivity index (χ0n) is 11.4. The largest absolute Gasteiger partial charge is 0.368 e. The summed E-state index contributed by atoms with van der Waals surface area (Å²) >= 11 is 0. The summed E-state index contributed by atoms with van der Waals surface area (Å²) in [6, 6.07) is 0.167. The van der Waals surface area contributed by atoms with Gasteiger partial charge in [0.2, 0.25) is 11.8 Å². The van der Waals surface area contributed by atoms with Crippen molar-refractivity contribution in [2.24, 2.45) is 5.41 Å². The molecule has 1 atom stereocenters. The monoisotopic (exact) mass is 265 g/mol. The summed E-state index contributed by atoms with van der Waals surface area (Å²) in [6.45, 7) is 5.88. The van der Waals surface area contributed by atoms with Crippen LogP contribution in [0.4, 0.5) is 17.5 Å². The number of nitrogens with one attached hydrogen (secondary N) is 1. The number of anilines is 2. The predicted molar refractivity (Wildman–Crippen MR) is 72.9 cm³/mol. The molecular weight excluding hydrogens is 246 g/mol. The smallest absolute Gasteiger partial charge is 0.332 e. The lowest BCUT2D eigenvalue weighted by Crippen LogP contribution is -2.31. The number of rotatable bonds is 3. The summed E-state index contributed by atoms with van der Waals surface area (Å²) in [5.41, 5.74) is 5.89. The summed E-state index contributed by atoms with van der Waals surface area (Å²) in [7, 11) is 0. The lowest BCUT2D eigenvalue weighted by atomic mass is 9.87. The lowest BCUT2D eigenvalue weighted by Gasteiger charge is -2.28. The Morgan fingerprint density at radius 3 is 2.68 bits per heavy atom. The van der Waals surface area contributed by atoms with Crippen molar-refractivity contribution in [1.29, 1.82) is 0 Å². The molecule has 0 aromatic carbocycles. The molecule has 0 saturated heterocycles. The Morgan fingerprint density at radius 2 is 2.16 bits per heavy atom. The van der Waals surface area contributed by atoms with Crippen LogP contribution >= 0.6 is 0 Å². The number of nitro groups is 1. The van der Waals surface area contributed by atoms with E-state index in [1.54, 1.807) is 6.92 Å². The van der Waals surface area contributed by atoms with Gasteiger partial charge in [-0.25, -0.2) is 4.98 Å². The molecule has 0 bridgehead atoms. The summed E-state index contributed by atoms with van der Waals surface area (Å²) in [5.74, 6) is 0.288. The van der Waals surface area contributed by atoms with Crippen molar-refractivity contribution in [3.8, 4) is 0 Å². The predicted octanol–water partition coefficient (Wildman–Crippen LogP) is 2.27. The van der Waals surface area contributed by atoms with Crippen LogP contribution in [0.3, 0.4) is 0 Å². The molecule has 1 aromatic rings. The fourth-order valence-corrected chi connectivity index (χ4v) is 2.67. The molecule has 0 aliphatic heterocycles. The molecule has 1 aromatic heterocycles. The van der Waals surface area contributed by atoms with E-state index in [4.69, 9.17) is 5.73 Å². The van der Waals surface area contributed by atoms with Crippen molar-refractivity contribution in [3.63, 3.8) is 0 Å². The average molecular weight is 265 g/mol. The van der Waals surface area contributed by atoms with Gasteiger partial charge < -0.3 is 11.1 Å². The molecule has 1 heterocycles. The molecule has 1 aliphatic carbocycles. The third-order valence-electron chi connectivity index (χ3n) is 3.83. The van der Waals surface area contributed by atoms with Crippen molar-refractivity contribution < 1.29 is 4.92 Å². The van der Waals surface area contributed by atoms with Crippen LogP contribution in [0.1, 0.15) is 38.8 Å². The zero-order valence-corrected chi connectivity index (χ0v) is 11.4. The van der Waals surface area contributed by atoms with Crippen LogP contribution in [-0.2, 0) is 0 Å². The van der Waals surface area contributed by atoms with Gasteiger partial charge in [0.25, 0.3) is 0 Å². The van der Waals surface area contributed by atoms with Gasteiger partial charge >= 0.3 is 5.69 Å². The van der Waals surface area contributed by atoms with Crippen LogP contribution in [-0.4, -0.2) is 20.9 Å². The number of hydrogen-bond donors (Lipinski definition) is 2. The van der Waals surface area contributed by atoms with Crippen LogP contribution in [0.2, 0.25) is 0 Å². The zero-order chi connectivity index (χ0) is 14.2. The highest BCUT2D eigenvalue weighted by atomic mass is 16.6. The molecule has 1 fully saturated rings. The summed E-state index contributed by atoms with van der Waals surface area (Å²) in [4.78, 5) is 18.5. The number of aromatic nitrogens is 2. The number of aryl methyl sites for hydroxylation is 1. The Hall–Kier alpha value is -1.92. The van der Waals surface area contributed by atoms with E-state index in [2.05, 4.69) is 29.1 Å². The fraction of sp³-hybridized carbons (Fsp3) is 0.667. The van der Waals surface area contributed by atoms with Gasteiger partial charge in [-0.1, -0.05) is 20.3 Å². The molecule has 1 saturated carbocycles. The topological polar surface area (TPSA) is 107 Å². The SMILES string of the molecule is Cc1nc(N)nc(NC2CCCC2(C)C)c1[N+](=O)[O-]. The van der Waals surface area contributed by atoms with Gasteiger partial charge in [0.1, 0.15) is 5.69 Å². The first kappa shape index (κ1) is 13.5. The highest BCUT2D eigenvalue weighted by molar-refractivity contribution is 5.60. The number of hydrogen-bond acceptors (Lipinski definition) is 6. The van der Waals surface area contributed by atoms with E-state index in [1.807, 2.05) is 0 Å². The molecule has 7 nitrogen and oxygen atoms in total. The molecule has 0 spiro atoms. The van der Waals surface area contributed by atoms with Gasteiger partial charge in [-0.05, 0) is 25.2 Å². The van der Waals surface area contributed by atoms with Crippen LogP contribution in [0.15, 0.2) is 0 Å². The first-order chi connectivity index (χ1) is 8.81. The standard InChI is InChI=1S/C12H19N5O2/c1-7-9(17(18)19)10(16-11(13)14-7)15-8-5-4-6-12(8,2)3/h8H,4-6H2,1-3H3,(H3,13,14,15,16). The highest BCUT2D eigenvalue weighted by Crippen LogP contribution is 2.40. The van der Waals surface area contributed by atoms with Gasteiger partial charge in [-0.3, -0.25) is 10.1 Å². The maximum absolute atomic E-state index is 11.1. The number of nitrogens with two attached hydrogens (primary N) is 1.